The minimum Gasteiger partial charge on any atom is -0.436 e. The second kappa shape index (κ2) is 17.0. The van der Waals surface area contributed by atoms with Crippen LogP contribution in [0.4, 0.5) is 5.82 Å². The van der Waals surface area contributed by atoms with E-state index in [0.29, 0.717) is 46.9 Å². The fourth-order valence-corrected chi connectivity index (χ4v) is 5.58. The van der Waals surface area contributed by atoms with Crippen LogP contribution in [0.3, 0.4) is 0 Å². The normalized spacial score (nSPS) is 19.8. The number of hydrogen-bond donors (Lipinski definition) is 2. The van der Waals surface area contributed by atoms with E-state index in [-0.39, 0.29) is 24.3 Å². The Kier molecular flexibility index (Phi) is 13.8. The molecule has 5 atom stereocenters. The van der Waals surface area contributed by atoms with E-state index >= 15 is 0 Å². The van der Waals surface area contributed by atoms with Gasteiger partial charge in [-0.25, -0.2) is 25.9 Å². The molecule has 0 saturated carbocycles. The van der Waals surface area contributed by atoms with Crippen molar-refractivity contribution in [1.82, 2.24) is 24.6 Å². The molecule has 42 heavy (non-hydrogen) atoms. The van der Waals surface area contributed by atoms with Gasteiger partial charge in [0.2, 0.25) is 0 Å². The number of unbranched alkanes of at least 4 members (excludes halogenated alkanes) is 1. The number of aldehydes is 1. The van der Waals surface area contributed by atoms with Crippen LogP contribution in [0.2, 0.25) is 5.02 Å². The fraction of sp³-hybridized carbons (Fsp3) is 0.571. The highest BCUT2D eigenvalue weighted by Crippen LogP contribution is 2.41. The van der Waals surface area contributed by atoms with Crippen molar-refractivity contribution in [3.8, 4) is 5.75 Å². The maximum absolute atomic E-state index is 11.7. The van der Waals surface area contributed by atoms with Crippen LogP contribution in [0.5, 0.6) is 5.75 Å². The summed E-state index contributed by atoms with van der Waals surface area (Å²) in [5.41, 5.74) is 1.26. The second-order valence-corrected chi connectivity index (χ2v) is 12.0. The number of benzene rings is 1. The third-order valence-electron chi connectivity index (χ3n) is 6.56. The summed E-state index contributed by atoms with van der Waals surface area (Å²) < 4.78 is 25.3. The molecule has 4 rings (SSSR count). The molecule has 1 aliphatic rings. The predicted molar refractivity (Wildman–Crippen MR) is 165 cm³/mol. The molecule has 1 aliphatic heterocycles. The lowest BCUT2D eigenvalue weighted by Gasteiger charge is -2.23. The number of nitrogens with two attached hydrogens (primary N) is 1. The molecule has 12 nitrogen and oxygen atoms in total. The summed E-state index contributed by atoms with van der Waals surface area (Å²) in [6.45, 7) is 8.50. The summed E-state index contributed by atoms with van der Waals surface area (Å²) in [6.07, 6.45) is 7.42. The van der Waals surface area contributed by atoms with Crippen molar-refractivity contribution in [3.63, 3.8) is 0 Å². The van der Waals surface area contributed by atoms with Gasteiger partial charge in [0.15, 0.2) is 17.0 Å². The Morgan fingerprint density at radius 2 is 2.00 bits per heavy atom. The Bertz CT molecular complexity index is 1230. The number of carbonyl (C=O) groups is 1. The minimum atomic E-state index is -1.60. The molecular weight excluding hydrogens is 581 g/mol. The summed E-state index contributed by atoms with van der Waals surface area (Å²) in [6, 6.07) is 6.68. The zero-order valence-electron chi connectivity index (χ0n) is 25.1. The van der Waals surface area contributed by atoms with Gasteiger partial charge in [0.1, 0.15) is 24.6 Å². The van der Waals surface area contributed by atoms with Gasteiger partial charge in [-0.15, -0.1) is 0 Å². The van der Waals surface area contributed by atoms with E-state index in [1.54, 1.807) is 44.8 Å². The Balaban J connectivity index is 0.000000892. The van der Waals surface area contributed by atoms with Gasteiger partial charge in [0, 0.05) is 25.1 Å². The quantitative estimate of drug-likeness (QED) is 0.103. The summed E-state index contributed by atoms with van der Waals surface area (Å²) in [4.78, 5) is 24.8. The average Bonchev–Trinajstić information content (AvgIpc) is 3.57. The number of aromatic nitrogens is 4. The SMILES string of the molecule is CCCCC(C=O)NP(OCC1CC(C)C(n2cnc3c(N(C)N)ncnc32)O1)Oc1ccc(Cl)cc1.COC(C)C. The Morgan fingerprint density at radius 3 is 2.62 bits per heavy atom. The van der Waals surface area contributed by atoms with Crippen LogP contribution in [-0.2, 0) is 18.8 Å². The van der Waals surface area contributed by atoms with E-state index in [1.807, 2.05) is 18.4 Å². The van der Waals surface area contributed by atoms with Gasteiger partial charge in [-0.05, 0) is 51.0 Å². The highest BCUT2D eigenvalue weighted by atomic mass is 35.5. The van der Waals surface area contributed by atoms with Gasteiger partial charge in [-0.3, -0.25) is 9.58 Å². The third-order valence-corrected chi connectivity index (χ3v) is 8.11. The number of imidazole rings is 1. The van der Waals surface area contributed by atoms with Crippen molar-refractivity contribution in [3.05, 3.63) is 41.9 Å². The van der Waals surface area contributed by atoms with Crippen LogP contribution in [-0.4, -0.2) is 64.8 Å². The summed E-state index contributed by atoms with van der Waals surface area (Å²) in [5.74, 6) is 7.22. The monoisotopic (exact) mass is 623 g/mol. The first-order chi connectivity index (χ1) is 20.2. The zero-order chi connectivity index (χ0) is 30.6. The van der Waals surface area contributed by atoms with E-state index in [0.717, 1.165) is 25.5 Å². The molecule has 0 aliphatic carbocycles. The molecule has 0 amide bonds. The van der Waals surface area contributed by atoms with Crippen molar-refractivity contribution in [2.75, 3.05) is 25.8 Å². The van der Waals surface area contributed by atoms with Gasteiger partial charge in [0.05, 0.1) is 31.2 Å². The number of halogens is 1. The largest absolute Gasteiger partial charge is 0.436 e. The maximum atomic E-state index is 11.7. The first-order valence-corrected chi connectivity index (χ1v) is 15.6. The molecule has 1 saturated heterocycles. The van der Waals surface area contributed by atoms with Gasteiger partial charge in [0.25, 0.3) is 0 Å². The van der Waals surface area contributed by atoms with E-state index in [1.165, 1.54) is 11.3 Å². The summed E-state index contributed by atoms with van der Waals surface area (Å²) >= 11 is 6.01. The lowest BCUT2D eigenvalue weighted by Crippen LogP contribution is -2.29. The molecule has 1 fully saturated rings. The van der Waals surface area contributed by atoms with Crippen molar-refractivity contribution in [2.45, 2.75) is 77.9 Å². The minimum absolute atomic E-state index is 0.179. The fourth-order valence-electron chi connectivity index (χ4n) is 4.20. The van der Waals surface area contributed by atoms with Gasteiger partial charge >= 0.3 is 8.53 Å². The van der Waals surface area contributed by atoms with Crippen LogP contribution in [0, 0.1) is 5.92 Å². The van der Waals surface area contributed by atoms with Gasteiger partial charge in [-0.2, -0.15) is 0 Å². The van der Waals surface area contributed by atoms with Crippen LogP contribution in [0.1, 0.15) is 59.6 Å². The molecule has 0 radical (unpaired) electrons. The molecule has 232 valence electrons. The van der Waals surface area contributed by atoms with E-state index < -0.39 is 8.53 Å². The number of fused-ring (bicyclic) bond motifs is 1. The predicted octanol–water partition coefficient (Wildman–Crippen LogP) is 5.42. The van der Waals surface area contributed by atoms with Gasteiger partial charge in [-0.1, -0.05) is 38.3 Å². The lowest BCUT2D eigenvalue weighted by molar-refractivity contribution is -0.109. The smallest absolute Gasteiger partial charge is 0.318 e. The van der Waals surface area contributed by atoms with E-state index in [4.69, 9.17) is 36.0 Å². The second-order valence-electron chi connectivity index (χ2n) is 10.4. The first-order valence-electron chi connectivity index (χ1n) is 14.1. The summed E-state index contributed by atoms with van der Waals surface area (Å²) in [5, 5.41) is 5.26. The molecule has 5 unspecified atom stereocenters. The van der Waals surface area contributed by atoms with Gasteiger partial charge < -0.3 is 23.3 Å². The highest BCUT2D eigenvalue weighted by Gasteiger charge is 2.36. The van der Waals surface area contributed by atoms with Crippen LogP contribution in [0.15, 0.2) is 36.9 Å². The van der Waals surface area contributed by atoms with Crippen LogP contribution >= 0.6 is 20.1 Å². The molecule has 0 bridgehead atoms. The number of hydrazine groups is 1. The maximum Gasteiger partial charge on any atom is 0.318 e. The third kappa shape index (κ3) is 9.80. The van der Waals surface area contributed by atoms with Crippen LogP contribution in [0.25, 0.3) is 11.2 Å². The molecule has 3 heterocycles. The Labute approximate surface area is 254 Å². The molecule has 14 heteroatoms. The first kappa shape index (κ1) is 34.1. The highest BCUT2D eigenvalue weighted by molar-refractivity contribution is 7.45. The zero-order valence-corrected chi connectivity index (χ0v) is 26.8. The van der Waals surface area contributed by atoms with Crippen molar-refractivity contribution in [2.24, 2.45) is 11.8 Å². The van der Waals surface area contributed by atoms with Crippen LogP contribution < -0.4 is 20.5 Å². The number of ether oxygens (including phenoxy) is 2. The van der Waals surface area contributed by atoms with Crippen molar-refractivity contribution in [1.29, 1.82) is 0 Å². The number of methoxy groups -OCH3 is 1. The molecule has 2 aromatic heterocycles. The van der Waals surface area contributed by atoms with E-state index in [2.05, 4.69) is 33.9 Å². The Morgan fingerprint density at radius 1 is 1.29 bits per heavy atom. The van der Waals surface area contributed by atoms with E-state index in [9.17, 15) is 4.79 Å². The standard InChI is InChI=1S/C24H33ClN7O4P.C4H10O/c1-4-5-6-18(12-33)30-37(36-19-9-7-17(25)8-10-19)34-13-20-11-16(2)24(35-20)32-15-29-21-22(31(3)26)27-14-28-23(21)32;1-4(2)5-3/h7-10,12,14-16,18,20,24,30H,4-6,11,13,26H2,1-3H3;4H,1-3H3. The van der Waals surface area contributed by atoms with Crippen molar-refractivity contribution < 1.29 is 23.3 Å². The molecule has 3 aromatic rings. The number of nitrogens with zero attached hydrogens (tertiary/aromatic N) is 5. The lowest BCUT2D eigenvalue weighted by atomic mass is 10.1. The Hall–Kier alpha value is -2.44. The number of anilines is 1. The topological polar surface area (TPSA) is 139 Å². The molecule has 0 spiro atoms. The van der Waals surface area contributed by atoms with Crippen molar-refractivity contribution >= 4 is 43.4 Å². The average molecular weight is 624 g/mol. The molecular formula is C28H43ClN7O5P. The number of nitrogens with one attached hydrogen (secondary N) is 1. The summed E-state index contributed by atoms with van der Waals surface area (Å²) in [7, 11) is 1.80. The number of rotatable bonds is 14. The number of hydrogen-bond acceptors (Lipinski definition) is 11. The molecule has 3 N–H and O–H groups in total. The number of carbonyl (C=O) groups excluding carboxylic acids is 1. The molecule has 1 aromatic carbocycles.